The van der Waals surface area contributed by atoms with E-state index in [9.17, 15) is 20.2 Å². The topological polar surface area (TPSA) is 86.3 Å². The third kappa shape index (κ3) is 3.49. The molecule has 0 rings (SSSR count). The standard InChI is InChI=1S/C5H9N2O4/c1-2-3-4-5(6(8)9)7(10)11/h2-4H2,1H3. The summed E-state index contributed by atoms with van der Waals surface area (Å²) in [7, 11) is 0. The van der Waals surface area contributed by atoms with Gasteiger partial charge >= 0.3 is 6.17 Å². The predicted molar refractivity (Wildman–Crippen MR) is 36.8 cm³/mol. The summed E-state index contributed by atoms with van der Waals surface area (Å²) < 4.78 is 0. The van der Waals surface area contributed by atoms with Crippen molar-refractivity contribution >= 4 is 0 Å². The van der Waals surface area contributed by atoms with Crippen LogP contribution in [0.25, 0.3) is 0 Å². The van der Waals surface area contributed by atoms with Crippen LogP contribution in [0.3, 0.4) is 0 Å². The lowest BCUT2D eigenvalue weighted by Gasteiger charge is -1.94. The molecule has 11 heavy (non-hydrogen) atoms. The highest BCUT2D eigenvalue weighted by Crippen LogP contribution is 2.11. The fourth-order valence-corrected chi connectivity index (χ4v) is 0.584. The number of nitro groups is 2. The van der Waals surface area contributed by atoms with Crippen molar-refractivity contribution in [2.45, 2.75) is 26.2 Å². The van der Waals surface area contributed by atoms with Crippen LogP contribution in [0, 0.1) is 26.4 Å². The first-order valence-corrected chi connectivity index (χ1v) is 3.24. The summed E-state index contributed by atoms with van der Waals surface area (Å²) in [5.74, 6) is 0. The number of unbranched alkanes of at least 4 members (excludes halogenated alkanes) is 1. The zero-order chi connectivity index (χ0) is 8.85. The van der Waals surface area contributed by atoms with Gasteiger partial charge in [-0.1, -0.05) is 13.3 Å². The van der Waals surface area contributed by atoms with Gasteiger partial charge in [-0.05, 0) is 6.42 Å². The number of nitrogens with zero attached hydrogens (tertiary/aromatic N) is 2. The van der Waals surface area contributed by atoms with Gasteiger partial charge in [-0.25, -0.2) is 0 Å². The van der Waals surface area contributed by atoms with Crippen LogP contribution in [0.15, 0.2) is 0 Å². The van der Waals surface area contributed by atoms with Gasteiger partial charge in [-0.3, -0.25) is 20.2 Å². The first-order valence-electron chi connectivity index (χ1n) is 3.24. The maximum absolute atomic E-state index is 9.97. The van der Waals surface area contributed by atoms with Crippen molar-refractivity contribution < 1.29 is 9.85 Å². The zero-order valence-corrected chi connectivity index (χ0v) is 6.15. The molecular formula is C5H9N2O4. The Morgan fingerprint density at radius 3 is 2.00 bits per heavy atom. The average molecular weight is 161 g/mol. The summed E-state index contributed by atoms with van der Waals surface area (Å²) in [6.07, 6.45) is 0.325. The molecule has 0 fully saturated rings. The molecule has 1 radical (unpaired) electrons. The second-order valence-electron chi connectivity index (χ2n) is 2.03. The van der Waals surface area contributed by atoms with Crippen LogP contribution in [-0.2, 0) is 0 Å². The average Bonchev–Trinajstić information content (AvgIpc) is 1.87. The largest absolute Gasteiger partial charge is 0.593 e. The highest BCUT2D eigenvalue weighted by atomic mass is 16.7. The molecule has 0 aliphatic heterocycles. The molecule has 0 aliphatic rings. The van der Waals surface area contributed by atoms with Crippen molar-refractivity contribution in [3.05, 3.63) is 26.4 Å². The van der Waals surface area contributed by atoms with Crippen LogP contribution < -0.4 is 0 Å². The van der Waals surface area contributed by atoms with E-state index in [4.69, 9.17) is 0 Å². The lowest BCUT2D eigenvalue weighted by Crippen LogP contribution is -2.19. The molecule has 0 spiro atoms. The van der Waals surface area contributed by atoms with E-state index in [-0.39, 0.29) is 6.42 Å². The molecule has 0 atom stereocenters. The Balaban J connectivity index is 3.90. The Kier molecular flexibility index (Phi) is 4.09. The lowest BCUT2D eigenvalue weighted by molar-refractivity contribution is -0.672. The Hall–Kier alpha value is -1.20. The Bertz CT molecular complexity index is 145. The van der Waals surface area contributed by atoms with E-state index in [1.807, 2.05) is 6.92 Å². The molecule has 0 bridgehead atoms. The van der Waals surface area contributed by atoms with E-state index in [1.165, 1.54) is 0 Å². The van der Waals surface area contributed by atoms with Crippen molar-refractivity contribution in [3.63, 3.8) is 0 Å². The van der Waals surface area contributed by atoms with Crippen molar-refractivity contribution in [1.82, 2.24) is 0 Å². The van der Waals surface area contributed by atoms with Crippen LogP contribution in [-0.4, -0.2) is 9.85 Å². The van der Waals surface area contributed by atoms with Crippen LogP contribution in [0.5, 0.6) is 0 Å². The molecule has 0 aromatic heterocycles. The molecular weight excluding hydrogens is 152 g/mol. The van der Waals surface area contributed by atoms with Gasteiger partial charge in [0, 0.05) is 0 Å². The first-order chi connectivity index (χ1) is 5.09. The van der Waals surface area contributed by atoms with Gasteiger partial charge in [-0.2, -0.15) is 0 Å². The summed E-state index contributed by atoms with van der Waals surface area (Å²) in [4.78, 5) is 18.1. The van der Waals surface area contributed by atoms with Gasteiger partial charge in [0.05, 0.1) is 0 Å². The van der Waals surface area contributed by atoms with Gasteiger partial charge in [0.2, 0.25) is 0 Å². The second-order valence-corrected chi connectivity index (χ2v) is 2.03. The molecule has 0 aromatic rings. The van der Waals surface area contributed by atoms with E-state index in [2.05, 4.69) is 0 Å². The van der Waals surface area contributed by atoms with Crippen LogP contribution in [0.2, 0.25) is 0 Å². The maximum atomic E-state index is 9.97. The van der Waals surface area contributed by atoms with E-state index in [1.54, 1.807) is 0 Å². The Labute approximate surface area is 63.5 Å². The van der Waals surface area contributed by atoms with E-state index in [0.717, 1.165) is 0 Å². The monoisotopic (exact) mass is 161 g/mol. The highest BCUT2D eigenvalue weighted by molar-refractivity contribution is 4.60. The molecule has 6 nitrogen and oxygen atoms in total. The first kappa shape index (κ1) is 9.80. The molecule has 63 valence electrons. The van der Waals surface area contributed by atoms with E-state index in [0.29, 0.717) is 12.8 Å². The smallest absolute Gasteiger partial charge is 0.258 e. The molecule has 0 aromatic carbocycles. The highest BCUT2D eigenvalue weighted by Gasteiger charge is 2.37. The maximum Gasteiger partial charge on any atom is 0.593 e. The lowest BCUT2D eigenvalue weighted by atomic mass is 10.2. The van der Waals surface area contributed by atoms with Gasteiger partial charge in [0.25, 0.3) is 0 Å². The molecule has 0 heterocycles. The van der Waals surface area contributed by atoms with Crippen molar-refractivity contribution in [2.24, 2.45) is 0 Å². The van der Waals surface area contributed by atoms with Crippen LogP contribution in [0.4, 0.5) is 0 Å². The third-order valence-electron chi connectivity index (χ3n) is 1.18. The molecule has 0 N–H and O–H groups in total. The molecule has 6 heteroatoms. The van der Waals surface area contributed by atoms with E-state index >= 15 is 0 Å². The molecule has 0 saturated heterocycles. The van der Waals surface area contributed by atoms with Gasteiger partial charge in [0.1, 0.15) is 16.3 Å². The quantitative estimate of drug-likeness (QED) is 0.448. The Morgan fingerprint density at radius 2 is 1.73 bits per heavy atom. The van der Waals surface area contributed by atoms with Gasteiger partial charge < -0.3 is 0 Å². The molecule has 0 amide bonds. The van der Waals surface area contributed by atoms with Gasteiger partial charge in [-0.15, -0.1) is 0 Å². The van der Waals surface area contributed by atoms with Crippen molar-refractivity contribution in [2.75, 3.05) is 0 Å². The predicted octanol–water partition coefficient (Wildman–Crippen LogP) is 1.22. The van der Waals surface area contributed by atoms with Crippen molar-refractivity contribution in [1.29, 1.82) is 0 Å². The normalized spacial score (nSPS) is 10.0. The molecule has 0 unspecified atom stereocenters. The zero-order valence-electron chi connectivity index (χ0n) is 6.15. The molecule has 0 aliphatic carbocycles. The Morgan fingerprint density at radius 1 is 1.27 bits per heavy atom. The summed E-state index contributed by atoms with van der Waals surface area (Å²) in [6, 6.07) is 0. The van der Waals surface area contributed by atoms with E-state index < -0.39 is 16.0 Å². The fourth-order valence-electron chi connectivity index (χ4n) is 0.584. The number of hydrogen-bond acceptors (Lipinski definition) is 4. The minimum absolute atomic E-state index is 0.0590. The summed E-state index contributed by atoms with van der Waals surface area (Å²) in [5, 5.41) is 19.9. The minimum Gasteiger partial charge on any atom is -0.258 e. The minimum atomic E-state index is -0.935. The second kappa shape index (κ2) is 4.59. The molecule has 0 saturated carbocycles. The number of rotatable bonds is 5. The van der Waals surface area contributed by atoms with Gasteiger partial charge in [0.15, 0.2) is 0 Å². The van der Waals surface area contributed by atoms with Crippen molar-refractivity contribution in [3.8, 4) is 0 Å². The summed E-state index contributed by atoms with van der Waals surface area (Å²) >= 11 is 0. The fraction of sp³-hybridized carbons (Fsp3) is 0.800. The van der Waals surface area contributed by atoms with Crippen LogP contribution in [0.1, 0.15) is 26.2 Å². The summed E-state index contributed by atoms with van der Waals surface area (Å²) in [5.41, 5.74) is 0. The third-order valence-corrected chi connectivity index (χ3v) is 1.18. The summed E-state index contributed by atoms with van der Waals surface area (Å²) in [6.45, 7) is 1.82. The number of hydrogen-bond donors (Lipinski definition) is 0. The van der Waals surface area contributed by atoms with Crippen LogP contribution >= 0.6 is 0 Å². The SMILES string of the molecule is CCCC[C]([N+](=O)[O-])[N+](=O)[O-].